The third-order valence-corrected chi connectivity index (χ3v) is 5.72. The van der Waals surface area contributed by atoms with Crippen LogP contribution in [0.25, 0.3) is 0 Å². The SMILES string of the molecule is Cc1cc(CNC(C)C)cc(S(=O)(=O)NC2CC2C)c1C. The Morgan fingerprint density at radius 2 is 1.90 bits per heavy atom. The van der Waals surface area contributed by atoms with Crippen LogP contribution < -0.4 is 10.0 Å². The summed E-state index contributed by atoms with van der Waals surface area (Å²) in [5.41, 5.74) is 2.86. The summed E-state index contributed by atoms with van der Waals surface area (Å²) in [4.78, 5) is 0.419. The van der Waals surface area contributed by atoms with Gasteiger partial charge in [0.05, 0.1) is 4.90 Å². The third kappa shape index (κ3) is 4.05. The highest BCUT2D eigenvalue weighted by Crippen LogP contribution is 2.31. The van der Waals surface area contributed by atoms with Gasteiger partial charge in [0.15, 0.2) is 0 Å². The minimum atomic E-state index is -3.42. The van der Waals surface area contributed by atoms with Crippen LogP contribution in [0.4, 0.5) is 0 Å². The van der Waals surface area contributed by atoms with Crippen molar-refractivity contribution >= 4 is 10.0 Å². The zero-order chi connectivity index (χ0) is 15.8. The van der Waals surface area contributed by atoms with E-state index in [1.54, 1.807) is 6.07 Å². The van der Waals surface area contributed by atoms with Crippen molar-refractivity contribution in [2.75, 3.05) is 0 Å². The first-order valence-electron chi connectivity index (χ1n) is 7.56. The minimum absolute atomic E-state index is 0.104. The Labute approximate surface area is 128 Å². The van der Waals surface area contributed by atoms with Gasteiger partial charge < -0.3 is 5.32 Å². The van der Waals surface area contributed by atoms with Crippen LogP contribution in [-0.2, 0) is 16.6 Å². The number of hydrogen-bond donors (Lipinski definition) is 2. The summed E-state index contributed by atoms with van der Waals surface area (Å²) in [7, 11) is -3.42. The molecule has 1 aliphatic carbocycles. The lowest BCUT2D eigenvalue weighted by atomic mass is 10.1. The third-order valence-electron chi connectivity index (χ3n) is 4.10. The van der Waals surface area contributed by atoms with Crippen LogP contribution in [0, 0.1) is 19.8 Å². The molecule has 21 heavy (non-hydrogen) atoms. The van der Waals surface area contributed by atoms with Gasteiger partial charge in [-0.3, -0.25) is 0 Å². The molecule has 1 saturated carbocycles. The lowest BCUT2D eigenvalue weighted by Crippen LogP contribution is -2.28. The molecule has 1 aliphatic rings. The molecule has 0 bridgehead atoms. The Balaban J connectivity index is 2.28. The maximum atomic E-state index is 12.6. The summed E-state index contributed by atoms with van der Waals surface area (Å²) >= 11 is 0. The van der Waals surface area contributed by atoms with Gasteiger partial charge in [-0.25, -0.2) is 13.1 Å². The van der Waals surface area contributed by atoms with Crippen LogP contribution >= 0.6 is 0 Å². The molecule has 2 atom stereocenters. The monoisotopic (exact) mass is 310 g/mol. The van der Waals surface area contributed by atoms with Crippen LogP contribution in [0.5, 0.6) is 0 Å². The zero-order valence-corrected chi connectivity index (χ0v) is 14.3. The number of rotatable bonds is 6. The van der Waals surface area contributed by atoms with E-state index in [0.29, 0.717) is 23.4 Å². The predicted octanol–water partition coefficient (Wildman–Crippen LogP) is 2.49. The molecule has 0 saturated heterocycles. The number of benzene rings is 1. The number of hydrogen-bond acceptors (Lipinski definition) is 3. The summed E-state index contributed by atoms with van der Waals surface area (Å²) in [6.45, 7) is 10.7. The van der Waals surface area contributed by atoms with E-state index in [2.05, 4.69) is 36.9 Å². The molecule has 118 valence electrons. The van der Waals surface area contributed by atoms with Gasteiger partial charge in [0.2, 0.25) is 10.0 Å². The molecule has 1 fully saturated rings. The molecule has 2 N–H and O–H groups in total. The van der Waals surface area contributed by atoms with E-state index >= 15 is 0 Å². The first-order chi connectivity index (χ1) is 9.70. The topological polar surface area (TPSA) is 58.2 Å². The van der Waals surface area contributed by atoms with Gasteiger partial charge in [-0.2, -0.15) is 0 Å². The summed E-state index contributed by atoms with van der Waals surface area (Å²) in [5.74, 6) is 0.451. The number of aryl methyl sites for hydroxylation is 1. The highest BCUT2D eigenvalue weighted by atomic mass is 32.2. The smallest absolute Gasteiger partial charge is 0.241 e. The van der Waals surface area contributed by atoms with Crippen LogP contribution in [-0.4, -0.2) is 20.5 Å². The molecule has 2 rings (SSSR count). The van der Waals surface area contributed by atoms with Crippen molar-refractivity contribution in [3.63, 3.8) is 0 Å². The number of nitrogens with one attached hydrogen (secondary N) is 2. The average Bonchev–Trinajstić information content (AvgIpc) is 3.04. The van der Waals surface area contributed by atoms with E-state index in [1.165, 1.54) is 0 Å². The Hall–Kier alpha value is -0.910. The second-order valence-electron chi connectivity index (χ2n) is 6.51. The highest BCUT2D eigenvalue weighted by molar-refractivity contribution is 7.89. The molecule has 0 amide bonds. The van der Waals surface area contributed by atoms with Crippen molar-refractivity contribution in [2.24, 2.45) is 5.92 Å². The molecule has 2 unspecified atom stereocenters. The van der Waals surface area contributed by atoms with Crippen molar-refractivity contribution < 1.29 is 8.42 Å². The lowest BCUT2D eigenvalue weighted by Gasteiger charge is -2.15. The summed E-state index contributed by atoms with van der Waals surface area (Å²) in [5, 5.41) is 3.33. The van der Waals surface area contributed by atoms with Crippen LogP contribution in [0.15, 0.2) is 17.0 Å². The molecule has 0 aromatic heterocycles. The second kappa shape index (κ2) is 6.07. The van der Waals surface area contributed by atoms with Crippen molar-refractivity contribution in [3.8, 4) is 0 Å². The second-order valence-corrected chi connectivity index (χ2v) is 8.19. The Bertz CT molecular complexity index is 623. The predicted molar refractivity (Wildman–Crippen MR) is 85.8 cm³/mol. The quantitative estimate of drug-likeness (QED) is 0.849. The Morgan fingerprint density at radius 1 is 1.29 bits per heavy atom. The lowest BCUT2D eigenvalue weighted by molar-refractivity contribution is 0.575. The molecule has 0 aliphatic heterocycles. The van der Waals surface area contributed by atoms with Gasteiger partial charge in [0, 0.05) is 18.6 Å². The van der Waals surface area contributed by atoms with E-state index in [-0.39, 0.29) is 6.04 Å². The van der Waals surface area contributed by atoms with Crippen molar-refractivity contribution in [3.05, 3.63) is 28.8 Å². The van der Waals surface area contributed by atoms with Gasteiger partial charge in [-0.1, -0.05) is 26.8 Å². The molecule has 0 heterocycles. The molecular weight excluding hydrogens is 284 g/mol. The Morgan fingerprint density at radius 3 is 2.43 bits per heavy atom. The van der Waals surface area contributed by atoms with Crippen LogP contribution in [0.1, 0.15) is 43.9 Å². The fourth-order valence-corrected chi connectivity index (χ4v) is 4.08. The zero-order valence-electron chi connectivity index (χ0n) is 13.5. The van der Waals surface area contributed by atoms with E-state index in [1.807, 2.05) is 13.8 Å². The first-order valence-corrected chi connectivity index (χ1v) is 9.05. The fourth-order valence-electron chi connectivity index (χ4n) is 2.35. The van der Waals surface area contributed by atoms with E-state index in [0.717, 1.165) is 23.1 Å². The van der Waals surface area contributed by atoms with Crippen molar-refractivity contribution in [2.45, 2.75) is 64.6 Å². The maximum Gasteiger partial charge on any atom is 0.241 e. The molecule has 5 heteroatoms. The van der Waals surface area contributed by atoms with E-state index in [4.69, 9.17) is 0 Å². The van der Waals surface area contributed by atoms with Gasteiger partial charge in [0.1, 0.15) is 0 Å². The van der Waals surface area contributed by atoms with Gasteiger partial charge in [-0.05, 0) is 48.9 Å². The molecule has 0 spiro atoms. The molecule has 1 aromatic carbocycles. The largest absolute Gasteiger partial charge is 0.310 e. The van der Waals surface area contributed by atoms with Crippen molar-refractivity contribution in [1.82, 2.24) is 10.0 Å². The summed E-state index contributed by atoms with van der Waals surface area (Å²) < 4.78 is 27.9. The molecular formula is C16H26N2O2S. The minimum Gasteiger partial charge on any atom is -0.310 e. The highest BCUT2D eigenvalue weighted by Gasteiger charge is 2.36. The average molecular weight is 310 g/mol. The van der Waals surface area contributed by atoms with Crippen LogP contribution in [0.3, 0.4) is 0 Å². The molecule has 1 aromatic rings. The fraction of sp³-hybridized carbons (Fsp3) is 0.625. The Kier molecular flexibility index (Phi) is 4.76. The summed E-state index contributed by atoms with van der Waals surface area (Å²) in [6.07, 6.45) is 0.936. The first kappa shape index (κ1) is 16.5. The molecule has 0 radical (unpaired) electrons. The maximum absolute atomic E-state index is 12.6. The standard InChI is InChI=1S/C16H26N2O2S/c1-10(2)17-9-14-6-11(3)13(5)16(8-14)21(19,20)18-15-7-12(15)4/h6,8,10,12,15,17-18H,7,9H2,1-5H3. The number of sulfonamides is 1. The van der Waals surface area contributed by atoms with Gasteiger partial charge >= 0.3 is 0 Å². The van der Waals surface area contributed by atoms with Crippen LogP contribution in [0.2, 0.25) is 0 Å². The summed E-state index contributed by atoms with van der Waals surface area (Å²) in [6, 6.07) is 4.33. The molecule has 4 nitrogen and oxygen atoms in total. The van der Waals surface area contributed by atoms with Gasteiger partial charge in [0.25, 0.3) is 0 Å². The van der Waals surface area contributed by atoms with E-state index < -0.39 is 10.0 Å². The normalized spacial score (nSPS) is 21.8. The van der Waals surface area contributed by atoms with Gasteiger partial charge in [-0.15, -0.1) is 0 Å². The van der Waals surface area contributed by atoms with E-state index in [9.17, 15) is 8.42 Å². The van der Waals surface area contributed by atoms with Crippen molar-refractivity contribution in [1.29, 1.82) is 0 Å².